The van der Waals surface area contributed by atoms with Crippen molar-refractivity contribution in [2.75, 3.05) is 0 Å². The molecule has 1 saturated heterocycles. The molecule has 1 aliphatic rings. The minimum atomic E-state index is -0.570. The summed E-state index contributed by atoms with van der Waals surface area (Å²) in [7, 11) is 0. The van der Waals surface area contributed by atoms with Gasteiger partial charge in [0.15, 0.2) is 11.9 Å². The molecule has 2 rings (SSSR count). The van der Waals surface area contributed by atoms with Crippen LogP contribution in [0.3, 0.4) is 0 Å². The standard InChI is InChI=1S/C11H11NO3/c1-7(13)9-10(15-11(14)12-9)8-5-3-2-4-6-8/h2-6,9-10H,1H3,(H,12,14). The molecule has 2 atom stereocenters. The number of hydrogen-bond acceptors (Lipinski definition) is 3. The molecule has 0 aromatic heterocycles. The molecule has 1 amide bonds. The van der Waals surface area contributed by atoms with E-state index >= 15 is 0 Å². The summed E-state index contributed by atoms with van der Waals surface area (Å²) in [5, 5.41) is 2.49. The number of rotatable bonds is 2. The van der Waals surface area contributed by atoms with Gasteiger partial charge in [0, 0.05) is 0 Å². The average Bonchev–Trinajstić information content (AvgIpc) is 2.62. The van der Waals surface area contributed by atoms with E-state index in [1.165, 1.54) is 6.92 Å². The first kappa shape index (κ1) is 9.71. The van der Waals surface area contributed by atoms with Gasteiger partial charge in [0.25, 0.3) is 0 Å². The van der Waals surface area contributed by atoms with Crippen LogP contribution in [0.2, 0.25) is 0 Å². The van der Waals surface area contributed by atoms with E-state index in [0.29, 0.717) is 0 Å². The molecule has 1 aromatic rings. The van der Waals surface area contributed by atoms with Crippen molar-refractivity contribution in [2.45, 2.75) is 19.1 Å². The van der Waals surface area contributed by atoms with Gasteiger partial charge in [0.05, 0.1) is 0 Å². The molecule has 1 heterocycles. The molecule has 1 N–H and O–H groups in total. The Morgan fingerprint density at radius 3 is 2.60 bits per heavy atom. The molecule has 1 aliphatic heterocycles. The number of alkyl carbamates (subject to hydrolysis) is 1. The predicted octanol–water partition coefficient (Wildman–Crippen LogP) is 1.43. The molecule has 0 bridgehead atoms. The number of ether oxygens (including phenoxy) is 1. The van der Waals surface area contributed by atoms with Gasteiger partial charge < -0.3 is 10.1 Å². The maximum Gasteiger partial charge on any atom is 0.408 e. The fourth-order valence-electron chi connectivity index (χ4n) is 1.64. The van der Waals surface area contributed by atoms with E-state index in [9.17, 15) is 9.59 Å². The van der Waals surface area contributed by atoms with Crippen LogP contribution in [-0.2, 0) is 9.53 Å². The molecule has 2 unspecified atom stereocenters. The van der Waals surface area contributed by atoms with Crippen LogP contribution < -0.4 is 5.32 Å². The highest BCUT2D eigenvalue weighted by Gasteiger charge is 2.37. The Bertz CT molecular complexity index is 388. The molecule has 78 valence electrons. The number of Topliss-reactive ketones (excluding diaryl/α,β-unsaturated/α-hetero) is 1. The van der Waals surface area contributed by atoms with Gasteiger partial charge in [-0.25, -0.2) is 4.79 Å². The molecule has 0 spiro atoms. The van der Waals surface area contributed by atoms with E-state index in [1.807, 2.05) is 30.3 Å². The van der Waals surface area contributed by atoms with Crippen LogP contribution in [0.4, 0.5) is 4.79 Å². The zero-order valence-electron chi connectivity index (χ0n) is 8.27. The van der Waals surface area contributed by atoms with E-state index in [1.54, 1.807) is 0 Å². The smallest absolute Gasteiger partial charge is 0.408 e. The highest BCUT2D eigenvalue weighted by Crippen LogP contribution is 2.26. The quantitative estimate of drug-likeness (QED) is 0.794. The second kappa shape index (κ2) is 3.73. The number of ketones is 1. The number of carbonyl (C=O) groups excluding carboxylic acids is 2. The third-order valence-electron chi connectivity index (χ3n) is 2.38. The van der Waals surface area contributed by atoms with Gasteiger partial charge >= 0.3 is 6.09 Å². The Kier molecular flexibility index (Phi) is 2.41. The van der Waals surface area contributed by atoms with Crippen molar-refractivity contribution in [2.24, 2.45) is 0 Å². The van der Waals surface area contributed by atoms with Crippen molar-refractivity contribution < 1.29 is 14.3 Å². The minimum absolute atomic E-state index is 0.102. The van der Waals surface area contributed by atoms with Gasteiger partial charge in [-0.3, -0.25) is 4.79 Å². The number of carbonyl (C=O) groups is 2. The Morgan fingerprint density at radius 2 is 2.00 bits per heavy atom. The maximum atomic E-state index is 11.3. The van der Waals surface area contributed by atoms with Crippen molar-refractivity contribution in [3.05, 3.63) is 35.9 Å². The van der Waals surface area contributed by atoms with Gasteiger partial charge in [-0.2, -0.15) is 0 Å². The lowest BCUT2D eigenvalue weighted by Gasteiger charge is -2.13. The number of amides is 1. The van der Waals surface area contributed by atoms with Crippen molar-refractivity contribution in [3.8, 4) is 0 Å². The van der Waals surface area contributed by atoms with E-state index in [2.05, 4.69) is 5.32 Å². The van der Waals surface area contributed by atoms with E-state index in [0.717, 1.165) is 5.56 Å². The maximum absolute atomic E-state index is 11.3. The first-order chi connectivity index (χ1) is 7.18. The van der Waals surface area contributed by atoms with E-state index in [-0.39, 0.29) is 5.78 Å². The van der Waals surface area contributed by atoms with Gasteiger partial charge in [-0.05, 0) is 12.5 Å². The lowest BCUT2D eigenvalue weighted by atomic mass is 10.0. The van der Waals surface area contributed by atoms with Crippen molar-refractivity contribution in [1.29, 1.82) is 0 Å². The lowest BCUT2D eigenvalue weighted by Crippen LogP contribution is -2.34. The second-order valence-electron chi connectivity index (χ2n) is 3.47. The number of hydrogen-bond donors (Lipinski definition) is 1. The van der Waals surface area contributed by atoms with Crippen molar-refractivity contribution in [1.82, 2.24) is 5.32 Å². The first-order valence-electron chi connectivity index (χ1n) is 4.71. The normalized spacial score (nSPS) is 24.5. The lowest BCUT2D eigenvalue weighted by molar-refractivity contribution is -0.119. The fourth-order valence-corrected chi connectivity index (χ4v) is 1.64. The summed E-state index contributed by atoms with van der Waals surface area (Å²) in [5.41, 5.74) is 0.830. The summed E-state index contributed by atoms with van der Waals surface area (Å²) in [6.07, 6.45) is -1.04. The van der Waals surface area contributed by atoms with Crippen molar-refractivity contribution in [3.63, 3.8) is 0 Å². The molecular weight excluding hydrogens is 194 g/mol. The van der Waals surface area contributed by atoms with E-state index < -0.39 is 18.2 Å². The van der Waals surface area contributed by atoms with Crippen LogP contribution in [0.25, 0.3) is 0 Å². The Balaban J connectivity index is 2.28. The summed E-state index contributed by atoms with van der Waals surface area (Å²) >= 11 is 0. The fraction of sp³-hybridized carbons (Fsp3) is 0.273. The number of cyclic esters (lactones) is 1. The SMILES string of the molecule is CC(=O)C1NC(=O)OC1c1ccccc1. The molecule has 0 aliphatic carbocycles. The van der Waals surface area contributed by atoms with Crippen molar-refractivity contribution >= 4 is 11.9 Å². The zero-order valence-corrected chi connectivity index (χ0v) is 8.27. The topological polar surface area (TPSA) is 55.4 Å². The second-order valence-corrected chi connectivity index (χ2v) is 3.47. The van der Waals surface area contributed by atoms with Gasteiger partial charge in [-0.15, -0.1) is 0 Å². The summed E-state index contributed by atoms with van der Waals surface area (Å²) in [6, 6.07) is 8.66. The molecule has 0 saturated carbocycles. The molecule has 15 heavy (non-hydrogen) atoms. The minimum Gasteiger partial charge on any atom is -0.439 e. The van der Waals surface area contributed by atoms with Crippen LogP contribution >= 0.6 is 0 Å². The highest BCUT2D eigenvalue weighted by molar-refractivity contribution is 5.88. The zero-order chi connectivity index (χ0) is 10.8. The molecule has 1 aromatic carbocycles. The first-order valence-corrected chi connectivity index (χ1v) is 4.71. The van der Waals surface area contributed by atoms with Crippen LogP contribution in [-0.4, -0.2) is 17.9 Å². The Hall–Kier alpha value is -1.84. The Morgan fingerprint density at radius 1 is 1.33 bits per heavy atom. The van der Waals surface area contributed by atoms with Crippen LogP contribution in [0, 0.1) is 0 Å². The monoisotopic (exact) mass is 205 g/mol. The summed E-state index contributed by atoms with van der Waals surface area (Å²) in [6.45, 7) is 1.44. The molecule has 4 nitrogen and oxygen atoms in total. The molecular formula is C11H11NO3. The van der Waals surface area contributed by atoms with Gasteiger partial charge in [-0.1, -0.05) is 30.3 Å². The van der Waals surface area contributed by atoms with E-state index in [4.69, 9.17) is 4.74 Å². The predicted molar refractivity (Wildman–Crippen MR) is 53.3 cm³/mol. The number of nitrogens with one attached hydrogen (secondary N) is 1. The summed E-state index contributed by atoms with van der Waals surface area (Å²) < 4.78 is 5.05. The van der Waals surface area contributed by atoms with Gasteiger partial charge in [0.1, 0.15) is 6.04 Å². The van der Waals surface area contributed by atoms with Crippen LogP contribution in [0.5, 0.6) is 0 Å². The average molecular weight is 205 g/mol. The van der Waals surface area contributed by atoms with Gasteiger partial charge in [0.2, 0.25) is 0 Å². The third-order valence-corrected chi connectivity index (χ3v) is 2.38. The molecule has 1 fully saturated rings. The van der Waals surface area contributed by atoms with Crippen LogP contribution in [0.1, 0.15) is 18.6 Å². The third kappa shape index (κ3) is 1.83. The summed E-state index contributed by atoms with van der Waals surface area (Å²) in [4.78, 5) is 22.3. The molecule has 4 heteroatoms. The summed E-state index contributed by atoms with van der Waals surface area (Å²) in [5.74, 6) is -0.102. The Labute approximate surface area is 87.2 Å². The van der Waals surface area contributed by atoms with Crippen LogP contribution in [0.15, 0.2) is 30.3 Å². The highest BCUT2D eigenvalue weighted by atomic mass is 16.6. The largest absolute Gasteiger partial charge is 0.439 e. The number of benzene rings is 1. The molecule has 0 radical (unpaired) electrons.